The molecule has 0 bridgehead atoms. The van der Waals surface area contributed by atoms with E-state index < -0.39 is 5.97 Å². The molecule has 1 aromatic rings. The lowest BCUT2D eigenvalue weighted by Crippen LogP contribution is -2.18. The Hall–Kier alpha value is -1.07. The minimum Gasteiger partial charge on any atom is -0.478 e. The third-order valence-corrected chi connectivity index (χ3v) is 2.89. The molecular weight excluding hydrogens is 285 g/mol. The Morgan fingerprint density at radius 2 is 2.07 bits per heavy atom. The second-order valence-electron chi connectivity index (χ2n) is 2.74. The van der Waals surface area contributed by atoms with Gasteiger partial charge in [-0.1, -0.05) is 17.7 Å². The van der Waals surface area contributed by atoms with Gasteiger partial charge >= 0.3 is 5.97 Å². The first-order chi connectivity index (χ1) is 6.95. The van der Waals surface area contributed by atoms with E-state index in [1.54, 1.807) is 6.07 Å². The molecule has 0 aliphatic heterocycles. The summed E-state index contributed by atoms with van der Waals surface area (Å²) >= 11 is 8.70. The third kappa shape index (κ3) is 2.49. The maximum Gasteiger partial charge on any atom is 0.339 e. The molecule has 0 aromatic heterocycles. The summed E-state index contributed by atoms with van der Waals surface area (Å²) in [5.41, 5.74) is 0.105. The van der Waals surface area contributed by atoms with E-state index >= 15 is 0 Å². The highest BCUT2D eigenvalue weighted by Crippen LogP contribution is 2.29. The molecule has 0 aliphatic carbocycles. The van der Waals surface area contributed by atoms with Crippen LogP contribution < -0.4 is 3.93 Å². The quantitative estimate of drug-likeness (QED) is 0.853. The first-order valence-electron chi connectivity index (χ1n) is 3.93. The number of carbonyl (C=O) groups is 2. The Labute approximate surface area is 99.8 Å². The van der Waals surface area contributed by atoms with Crippen molar-refractivity contribution in [1.82, 2.24) is 0 Å². The van der Waals surface area contributed by atoms with Gasteiger partial charge in [-0.05, 0) is 12.1 Å². The number of nitrogens with zero attached hydrogens (tertiary/aromatic N) is 1. The monoisotopic (exact) mass is 291 g/mol. The molecule has 0 unspecified atom stereocenters. The van der Waals surface area contributed by atoms with E-state index in [0.29, 0.717) is 0 Å². The molecule has 0 saturated carbocycles. The van der Waals surface area contributed by atoms with Crippen molar-refractivity contribution in [3.8, 4) is 0 Å². The number of rotatable bonds is 2. The van der Waals surface area contributed by atoms with Gasteiger partial charge in [-0.3, -0.25) is 4.79 Å². The molecular formula is C9H7BrClNO3. The first-order valence-corrected chi connectivity index (χ1v) is 5.02. The number of hydrogen-bond donors (Lipinski definition) is 1. The predicted octanol–water partition coefficient (Wildman–Crippen LogP) is 2.70. The minimum atomic E-state index is -1.18. The SMILES string of the molecule is CC(=O)N(Br)c1cccc(Cl)c1C(=O)O. The number of carbonyl (C=O) groups excluding carboxylic acids is 1. The average molecular weight is 293 g/mol. The van der Waals surface area contributed by atoms with Crippen LogP contribution in [0.4, 0.5) is 5.69 Å². The Balaban J connectivity index is 3.35. The minimum absolute atomic E-state index is 0.0886. The maximum absolute atomic E-state index is 11.1. The Bertz CT molecular complexity index is 422. The zero-order valence-corrected chi connectivity index (χ0v) is 10.0. The van der Waals surface area contributed by atoms with Crippen LogP contribution in [0.2, 0.25) is 5.02 Å². The summed E-state index contributed by atoms with van der Waals surface area (Å²) in [5.74, 6) is -1.51. The van der Waals surface area contributed by atoms with Crippen LogP contribution in [0.1, 0.15) is 17.3 Å². The molecule has 1 N–H and O–H groups in total. The maximum atomic E-state index is 11.1. The smallest absolute Gasteiger partial charge is 0.339 e. The van der Waals surface area contributed by atoms with Crippen LogP contribution in [0.15, 0.2) is 18.2 Å². The first kappa shape index (κ1) is 12.0. The van der Waals surface area contributed by atoms with E-state index in [4.69, 9.17) is 16.7 Å². The van der Waals surface area contributed by atoms with Gasteiger partial charge in [0.05, 0.1) is 26.9 Å². The van der Waals surface area contributed by atoms with Gasteiger partial charge in [0.1, 0.15) is 5.56 Å². The van der Waals surface area contributed by atoms with Crippen molar-refractivity contribution >= 4 is 45.3 Å². The summed E-state index contributed by atoms with van der Waals surface area (Å²) in [6, 6.07) is 4.52. The van der Waals surface area contributed by atoms with Crippen LogP contribution in [-0.2, 0) is 4.79 Å². The molecule has 6 heteroatoms. The van der Waals surface area contributed by atoms with E-state index in [2.05, 4.69) is 16.1 Å². The van der Waals surface area contributed by atoms with E-state index in [-0.39, 0.29) is 22.2 Å². The second kappa shape index (κ2) is 4.63. The number of anilines is 1. The van der Waals surface area contributed by atoms with E-state index in [0.717, 1.165) is 3.93 Å². The largest absolute Gasteiger partial charge is 0.478 e. The zero-order chi connectivity index (χ0) is 11.6. The number of carboxylic acid groups (broad SMARTS) is 1. The Kier molecular flexibility index (Phi) is 3.71. The van der Waals surface area contributed by atoms with E-state index in [1.807, 2.05) is 0 Å². The molecule has 80 valence electrons. The van der Waals surface area contributed by atoms with E-state index in [9.17, 15) is 9.59 Å². The highest BCUT2D eigenvalue weighted by Gasteiger charge is 2.19. The fourth-order valence-electron chi connectivity index (χ4n) is 1.06. The molecule has 0 heterocycles. The van der Waals surface area contributed by atoms with Crippen LogP contribution in [0.3, 0.4) is 0 Å². The number of benzene rings is 1. The van der Waals surface area contributed by atoms with Crippen LogP contribution in [0.25, 0.3) is 0 Å². The summed E-state index contributed by atoms with van der Waals surface area (Å²) in [6.07, 6.45) is 0. The highest BCUT2D eigenvalue weighted by atomic mass is 79.9. The Morgan fingerprint density at radius 1 is 1.47 bits per heavy atom. The summed E-state index contributed by atoms with van der Waals surface area (Å²) in [5, 5.41) is 9.02. The topological polar surface area (TPSA) is 57.6 Å². The summed E-state index contributed by atoms with van der Waals surface area (Å²) in [6.45, 7) is 1.31. The van der Waals surface area contributed by atoms with Crippen molar-refractivity contribution in [2.24, 2.45) is 0 Å². The lowest BCUT2D eigenvalue weighted by atomic mass is 10.2. The fraction of sp³-hybridized carbons (Fsp3) is 0.111. The van der Waals surface area contributed by atoms with Crippen molar-refractivity contribution in [2.75, 3.05) is 3.93 Å². The van der Waals surface area contributed by atoms with Gasteiger partial charge in [-0.25, -0.2) is 8.72 Å². The molecule has 1 amide bonds. The van der Waals surface area contributed by atoms with Gasteiger partial charge < -0.3 is 5.11 Å². The van der Waals surface area contributed by atoms with Gasteiger partial charge in [0.15, 0.2) is 0 Å². The summed E-state index contributed by atoms with van der Waals surface area (Å²) in [4.78, 5) is 22.0. The van der Waals surface area contributed by atoms with Crippen molar-refractivity contribution in [2.45, 2.75) is 6.92 Å². The van der Waals surface area contributed by atoms with Crippen LogP contribution in [-0.4, -0.2) is 17.0 Å². The number of carboxylic acids is 1. The molecule has 0 spiro atoms. The molecule has 0 aliphatic rings. The normalized spacial score (nSPS) is 9.80. The molecule has 0 atom stereocenters. The highest BCUT2D eigenvalue weighted by molar-refractivity contribution is 9.10. The van der Waals surface area contributed by atoms with Gasteiger partial charge in [0, 0.05) is 6.92 Å². The molecule has 0 radical (unpaired) electrons. The lowest BCUT2D eigenvalue weighted by molar-refractivity contribution is -0.115. The van der Waals surface area contributed by atoms with Crippen molar-refractivity contribution in [3.05, 3.63) is 28.8 Å². The third-order valence-electron chi connectivity index (χ3n) is 1.69. The van der Waals surface area contributed by atoms with Gasteiger partial charge in [0.25, 0.3) is 0 Å². The number of hydrogen-bond acceptors (Lipinski definition) is 2. The van der Waals surface area contributed by atoms with Crippen LogP contribution in [0.5, 0.6) is 0 Å². The molecule has 0 saturated heterocycles. The Morgan fingerprint density at radius 3 is 2.53 bits per heavy atom. The van der Waals surface area contributed by atoms with E-state index in [1.165, 1.54) is 19.1 Å². The molecule has 0 fully saturated rings. The number of aromatic carboxylic acids is 1. The van der Waals surface area contributed by atoms with Crippen LogP contribution in [0, 0.1) is 0 Å². The number of amides is 1. The molecule has 4 nitrogen and oxygen atoms in total. The average Bonchev–Trinajstić information content (AvgIpc) is 2.15. The summed E-state index contributed by atoms with van der Waals surface area (Å²) < 4.78 is 1.06. The fourth-order valence-corrected chi connectivity index (χ4v) is 1.60. The lowest BCUT2D eigenvalue weighted by Gasteiger charge is -2.15. The van der Waals surface area contributed by atoms with Gasteiger partial charge in [-0.2, -0.15) is 0 Å². The molecule has 15 heavy (non-hydrogen) atoms. The second-order valence-corrected chi connectivity index (χ2v) is 3.86. The standard InChI is InChI=1S/C9H7BrClNO3/c1-5(13)12(10)7-4-2-3-6(11)8(7)9(14)15/h2-4H,1H3,(H,14,15). The van der Waals surface area contributed by atoms with Crippen molar-refractivity contribution in [3.63, 3.8) is 0 Å². The van der Waals surface area contributed by atoms with Crippen molar-refractivity contribution in [1.29, 1.82) is 0 Å². The van der Waals surface area contributed by atoms with Crippen molar-refractivity contribution < 1.29 is 14.7 Å². The molecule has 1 aromatic carbocycles. The zero-order valence-electron chi connectivity index (χ0n) is 7.70. The van der Waals surface area contributed by atoms with Gasteiger partial charge in [0.2, 0.25) is 5.91 Å². The summed E-state index contributed by atoms with van der Waals surface area (Å²) in [7, 11) is 0. The predicted molar refractivity (Wildman–Crippen MR) is 60.5 cm³/mol. The van der Waals surface area contributed by atoms with Gasteiger partial charge in [-0.15, -0.1) is 0 Å². The number of halogens is 2. The van der Waals surface area contributed by atoms with Crippen LogP contribution >= 0.6 is 27.7 Å². The molecule has 1 rings (SSSR count).